The summed E-state index contributed by atoms with van der Waals surface area (Å²) in [4.78, 5) is 24.5. The van der Waals surface area contributed by atoms with Gasteiger partial charge in [0.15, 0.2) is 5.76 Å². The number of nitrogens with zero attached hydrogens (tertiary/aromatic N) is 2. The quantitative estimate of drug-likeness (QED) is 0.529. The van der Waals surface area contributed by atoms with Crippen LogP contribution in [0.5, 0.6) is 0 Å². The van der Waals surface area contributed by atoms with Gasteiger partial charge >= 0.3 is 0 Å². The van der Waals surface area contributed by atoms with Gasteiger partial charge in [-0.25, -0.2) is 4.68 Å². The van der Waals surface area contributed by atoms with Crippen LogP contribution in [0, 0.1) is 0 Å². The maximum Gasteiger partial charge on any atom is 0.291 e. The number of anilines is 1. The molecule has 4 aromatic rings. The molecule has 0 bridgehead atoms. The summed E-state index contributed by atoms with van der Waals surface area (Å²) in [6.07, 6.45) is 5.00. The number of carbonyl (C=O) groups is 2. The molecule has 4 rings (SSSR count). The molecular weight excluding hydrogens is 368 g/mol. The highest BCUT2D eigenvalue weighted by Crippen LogP contribution is 2.15. The monoisotopic (exact) mass is 386 g/mol. The van der Waals surface area contributed by atoms with E-state index in [1.54, 1.807) is 47.3 Å². The third-order valence-electron chi connectivity index (χ3n) is 4.33. The van der Waals surface area contributed by atoms with Gasteiger partial charge in [-0.05, 0) is 54.1 Å². The lowest BCUT2D eigenvalue weighted by atomic mass is 10.1. The summed E-state index contributed by atoms with van der Waals surface area (Å²) in [6, 6.07) is 19.5. The number of hydrogen-bond acceptors (Lipinski definition) is 4. The molecule has 0 atom stereocenters. The van der Waals surface area contributed by atoms with Crippen molar-refractivity contribution in [1.82, 2.24) is 15.1 Å². The number of nitrogens with one attached hydrogen (secondary N) is 2. The SMILES string of the molecule is O=C(NCc1ccccc1-n1cccn1)c1ccc(NC(=O)c2ccco2)cc1. The Hall–Kier alpha value is -4.13. The van der Waals surface area contributed by atoms with Gasteiger partial charge in [0.05, 0.1) is 12.0 Å². The molecule has 2 N–H and O–H groups in total. The molecule has 2 amide bonds. The molecular formula is C22H18N4O3. The summed E-state index contributed by atoms with van der Waals surface area (Å²) in [5, 5.41) is 9.88. The van der Waals surface area contributed by atoms with E-state index in [9.17, 15) is 9.59 Å². The molecule has 0 aliphatic carbocycles. The summed E-state index contributed by atoms with van der Waals surface area (Å²) >= 11 is 0. The minimum atomic E-state index is -0.345. The van der Waals surface area contributed by atoms with Gasteiger partial charge in [0, 0.05) is 30.2 Å². The molecule has 29 heavy (non-hydrogen) atoms. The molecule has 0 saturated carbocycles. The van der Waals surface area contributed by atoms with Gasteiger partial charge in [-0.15, -0.1) is 0 Å². The van der Waals surface area contributed by atoms with E-state index in [2.05, 4.69) is 15.7 Å². The fourth-order valence-corrected chi connectivity index (χ4v) is 2.88. The van der Waals surface area contributed by atoms with E-state index < -0.39 is 0 Å². The molecule has 144 valence electrons. The predicted molar refractivity (Wildman–Crippen MR) is 108 cm³/mol. The Balaban J connectivity index is 1.39. The lowest BCUT2D eigenvalue weighted by Gasteiger charge is -2.11. The van der Waals surface area contributed by atoms with Crippen molar-refractivity contribution >= 4 is 17.5 Å². The van der Waals surface area contributed by atoms with Crippen molar-refractivity contribution in [2.45, 2.75) is 6.54 Å². The average Bonchev–Trinajstić information content (AvgIpc) is 3.47. The van der Waals surface area contributed by atoms with E-state index in [0.717, 1.165) is 11.3 Å². The highest BCUT2D eigenvalue weighted by molar-refractivity contribution is 6.02. The Bertz CT molecular complexity index is 1100. The molecule has 0 spiro atoms. The Labute approximate surface area is 167 Å². The number of amides is 2. The van der Waals surface area contributed by atoms with Crippen molar-refractivity contribution < 1.29 is 14.0 Å². The summed E-state index contributed by atoms with van der Waals surface area (Å²) in [5.41, 5.74) is 2.94. The van der Waals surface area contributed by atoms with Crippen LogP contribution in [0.4, 0.5) is 5.69 Å². The van der Waals surface area contributed by atoms with Gasteiger partial charge in [-0.2, -0.15) is 5.10 Å². The summed E-state index contributed by atoms with van der Waals surface area (Å²) in [6.45, 7) is 0.367. The number of para-hydroxylation sites is 1. The minimum absolute atomic E-state index is 0.204. The largest absolute Gasteiger partial charge is 0.459 e. The fourth-order valence-electron chi connectivity index (χ4n) is 2.88. The van der Waals surface area contributed by atoms with E-state index in [-0.39, 0.29) is 17.6 Å². The highest BCUT2D eigenvalue weighted by atomic mass is 16.3. The fraction of sp³-hybridized carbons (Fsp3) is 0.0455. The Morgan fingerprint density at radius 2 is 1.76 bits per heavy atom. The molecule has 0 fully saturated rings. The van der Waals surface area contributed by atoms with Crippen molar-refractivity contribution in [2.24, 2.45) is 0 Å². The van der Waals surface area contributed by atoms with E-state index >= 15 is 0 Å². The molecule has 0 aliphatic heterocycles. The van der Waals surface area contributed by atoms with E-state index in [1.165, 1.54) is 6.26 Å². The van der Waals surface area contributed by atoms with Crippen LogP contribution < -0.4 is 10.6 Å². The van der Waals surface area contributed by atoms with Crippen LogP contribution in [0.25, 0.3) is 5.69 Å². The van der Waals surface area contributed by atoms with Gasteiger partial charge in [-0.1, -0.05) is 18.2 Å². The first kappa shape index (κ1) is 18.2. The third-order valence-corrected chi connectivity index (χ3v) is 4.33. The topological polar surface area (TPSA) is 89.2 Å². The first-order valence-electron chi connectivity index (χ1n) is 9.02. The van der Waals surface area contributed by atoms with Crippen molar-refractivity contribution in [3.8, 4) is 5.69 Å². The van der Waals surface area contributed by atoms with Crippen LogP contribution >= 0.6 is 0 Å². The van der Waals surface area contributed by atoms with Gasteiger partial charge in [0.2, 0.25) is 0 Å². The molecule has 0 aliphatic rings. The zero-order valence-corrected chi connectivity index (χ0v) is 15.4. The van der Waals surface area contributed by atoms with Gasteiger partial charge in [0.25, 0.3) is 11.8 Å². The molecule has 0 unspecified atom stereocenters. The highest BCUT2D eigenvalue weighted by Gasteiger charge is 2.11. The van der Waals surface area contributed by atoms with Gasteiger partial charge in [-0.3, -0.25) is 9.59 Å². The zero-order chi connectivity index (χ0) is 20.1. The molecule has 0 saturated heterocycles. The molecule has 2 aromatic carbocycles. The van der Waals surface area contributed by atoms with Crippen molar-refractivity contribution in [3.05, 3.63) is 102 Å². The van der Waals surface area contributed by atoms with E-state index in [4.69, 9.17) is 4.42 Å². The summed E-state index contributed by atoms with van der Waals surface area (Å²) < 4.78 is 6.82. The van der Waals surface area contributed by atoms with E-state index in [0.29, 0.717) is 17.8 Å². The summed E-state index contributed by atoms with van der Waals surface area (Å²) in [7, 11) is 0. The first-order valence-corrected chi connectivity index (χ1v) is 9.02. The smallest absolute Gasteiger partial charge is 0.291 e. The van der Waals surface area contributed by atoms with Crippen LogP contribution in [0.1, 0.15) is 26.5 Å². The number of aromatic nitrogens is 2. The maximum atomic E-state index is 12.5. The molecule has 7 nitrogen and oxygen atoms in total. The average molecular weight is 386 g/mol. The number of carbonyl (C=O) groups excluding carboxylic acids is 2. The molecule has 0 radical (unpaired) electrons. The molecule has 2 aromatic heterocycles. The molecule has 7 heteroatoms. The second kappa shape index (κ2) is 8.26. The van der Waals surface area contributed by atoms with Crippen molar-refractivity contribution in [1.29, 1.82) is 0 Å². The second-order valence-electron chi connectivity index (χ2n) is 6.27. The number of benzene rings is 2. The number of rotatable bonds is 6. The normalized spacial score (nSPS) is 10.5. The standard InChI is InChI=1S/C22H18N4O3/c27-21(23-15-17-5-1-2-6-19(17)26-13-4-12-24-26)16-8-10-18(11-9-16)25-22(28)20-7-3-14-29-20/h1-14H,15H2,(H,23,27)(H,25,28). The second-order valence-corrected chi connectivity index (χ2v) is 6.27. The Morgan fingerprint density at radius 3 is 2.48 bits per heavy atom. The third kappa shape index (κ3) is 4.24. The lowest BCUT2D eigenvalue weighted by Crippen LogP contribution is -2.23. The zero-order valence-electron chi connectivity index (χ0n) is 15.4. The van der Waals surface area contributed by atoms with Crippen molar-refractivity contribution in [2.75, 3.05) is 5.32 Å². The number of furan rings is 1. The maximum absolute atomic E-state index is 12.5. The minimum Gasteiger partial charge on any atom is -0.459 e. The lowest BCUT2D eigenvalue weighted by molar-refractivity contribution is 0.0950. The van der Waals surface area contributed by atoms with Crippen molar-refractivity contribution in [3.63, 3.8) is 0 Å². The van der Waals surface area contributed by atoms with Crippen LogP contribution in [0.3, 0.4) is 0 Å². The number of hydrogen-bond donors (Lipinski definition) is 2. The van der Waals surface area contributed by atoms with Crippen LogP contribution in [0.2, 0.25) is 0 Å². The van der Waals surface area contributed by atoms with E-state index in [1.807, 2.05) is 36.5 Å². The molecule has 2 heterocycles. The van der Waals surface area contributed by atoms with Crippen LogP contribution in [-0.4, -0.2) is 21.6 Å². The Kier molecular flexibility index (Phi) is 5.20. The Morgan fingerprint density at radius 1 is 0.931 bits per heavy atom. The first-order chi connectivity index (χ1) is 14.2. The van der Waals surface area contributed by atoms with Gasteiger partial charge < -0.3 is 15.1 Å². The predicted octanol–water partition coefficient (Wildman–Crippen LogP) is 3.65. The van der Waals surface area contributed by atoms with Crippen LogP contribution in [0.15, 0.2) is 89.8 Å². The summed E-state index contributed by atoms with van der Waals surface area (Å²) in [5.74, 6) is -0.325. The van der Waals surface area contributed by atoms with Gasteiger partial charge in [0.1, 0.15) is 0 Å². The van der Waals surface area contributed by atoms with Crippen LogP contribution in [-0.2, 0) is 6.54 Å².